The second-order valence-electron chi connectivity index (χ2n) is 7.04. The third-order valence-corrected chi connectivity index (χ3v) is 3.73. The van der Waals surface area contributed by atoms with Crippen LogP contribution in [0.5, 0.6) is 0 Å². The van der Waals surface area contributed by atoms with E-state index in [9.17, 15) is 14.7 Å². The maximum absolute atomic E-state index is 11.8. The van der Waals surface area contributed by atoms with Gasteiger partial charge in [-0.05, 0) is 46.5 Å². The average Bonchev–Trinajstić information content (AvgIpc) is 3.17. The van der Waals surface area contributed by atoms with Gasteiger partial charge >= 0.3 is 12.1 Å². The molecule has 1 fully saturated rings. The molecule has 6 heteroatoms. The van der Waals surface area contributed by atoms with Gasteiger partial charge in [0.15, 0.2) is 0 Å². The first-order valence-electron chi connectivity index (χ1n) is 7.96. The average molecular weight is 315 g/mol. The van der Waals surface area contributed by atoms with Crippen molar-refractivity contribution < 1.29 is 24.2 Å². The number of carbonyl (C=O) groups is 2. The fourth-order valence-electron chi connectivity index (χ4n) is 2.37. The molecule has 0 aromatic carbocycles. The minimum absolute atomic E-state index is 0.0703. The van der Waals surface area contributed by atoms with E-state index >= 15 is 0 Å². The van der Waals surface area contributed by atoms with Gasteiger partial charge in [0, 0.05) is 19.8 Å². The van der Waals surface area contributed by atoms with Gasteiger partial charge < -0.3 is 19.9 Å². The van der Waals surface area contributed by atoms with E-state index in [1.807, 2.05) is 6.92 Å². The van der Waals surface area contributed by atoms with Crippen LogP contribution in [-0.2, 0) is 14.3 Å². The van der Waals surface area contributed by atoms with Crippen molar-refractivity contribution in [3.05, 3.63) is 0 Å². The van der Waals surface area contributed by atoms with E-state index in [4.69, 9.17) is 9.47 Å². The largest absolute Gasteiger partial charge is 0.481 e. The van der Waals surface area contributed by atoms with Crippen LogP contribution in [0.3, 0.4) is 0 Å². The molecule has 6 nitrogen and oxygen atoms in total. The van der Waals surface area contributed by atoms with E-state index in [0.29, 0.717) is 32.0 Å². The third-order valence-electron chi connectivity index (χ3n) is 3.73. The van der Waals surface area contributed by atoms with Gasteiger partial charge in [-0.2, -0.15) is 0 Å². The van der Waals surface area contributed by atoms with Crippen LogP contribution in [0.4, 0.5) is 4.79 Å². The number of aliphatic carboxylic acids is 1. The van der Waals surface area contributed by atoms with Crippen molar-refractivity contribution in [3.8, 4) is 0 Å². The second kappa shape index (κ2) is 7.81. The monoisotopic (exact) mass is 315 g/mol. The van der Waals surface area contributed by atoms with Crippen molar-refractivity contribution in [2.45, 2.75) is 59.0 Å². The number of carbonyl (C=O) groups excluding carboxylic acids is 1. The second-order valence-corrected chi connectivity index (χ2v) is 7.04. The zero-order valence-corrected chi connectivity index (χ0v) is 14.1. The molecule has 0 aliphatic heterocycles. The first-order valence-corrected chi connectivity index (χ1v) is 7.96. The fourth-order valence-corrected chi connectivity index (χ4v) is 2.37. The van der Waals surface area contributed by atoms with Crippen molar-refractivity contribution in [3.63, 3.8) is 0 Å². The summed E-state index contributed by atoms with van der Waals surface area (Å²) in [4.78, 5) is 23.6. The summed E-state index contributed by atoms with van der Waals surface area (Å²) < 4.78 is 10.5. The lowest BCUT2D eigenvalue weighted by molar-refractivity contribution is -0.150. The summed E-state index contributed by atoms with van der Waals surface area (Å²) in [5, 5.41) is 12.3. The van der Waals surface area contributed by atoms with Gasteiger partial charge in [-0.15, -0.1) is 0 Å². The fraction of sp³-hybridized carbons (Fsp3) is 0.875. The Morgan fingerprint density at radius 2 is 1.91 bits per heavy atom. The zero-order valence-electron chi connectivity index (χ0n) is 14.1. The van der Waals surface area contributed by atoms with E-state index in [2.05, 4.69) is 5.32 Å². The molecule has 2 N–H and O–H groups in total. The van der Waals surface area contributed by atoms with E-state index in [-0.39, 0.29) is 6.54 Å². The molecule has 0 spiro atoms. The molecule has 1 amide bonds. The number of alkyl carbamates (subject to hydrolysis) is 1. The Bertz CT molecular complexity index is 386. The Labute approximate surface area is 132 Å². The molecule has 1 saturated carbocycles. The Balaban J connectivity index is 2.66. The molecule has 22 heavy (non-hydrogen) atoms. The maximum Gasteiger partial charge on any atom is 0.407 e. The Kier molecular flexibility index (Phi) is 6.66. The first kappa shape index (κ1) is 18.7. The molecule has 1 atom stereocenters. The lowest BCUT2D eigenvalue weighted by Crippen LogP contribution is -2.45. The highest BCUT2D eigenvalue weighted by Crippen LogP contribution is 2.42. The van der Waals surface area contributed by atoms with Crippen LogP contribution in [-0.4, -0.2) is 42.5 Å². The zero-order chi connectivity index (χ0) is 16.8. The number of hydrogen-bond donors (Lipinski definition) is 2. The van der Waals surface area contributed by atoms with Crippen LogP contribution in [0.2, 0.25) is 0 Å². The molecule has 1 aliphatic rings. The van der Waals surface area contributed by atoms with Crippen LogP contribution in [0.25, 0.3) is 0 Å². The molecule has 1 aliphatic carbocycles. The van der Waals surface area contributed by atoms with Crippen LogP contribution < -0.4 is 5.32 Å². The topological polar surface area (TPSA) is 84.9 Å². The number of ether oxygens (including phenoxy) is 2. The number of rotatable bonds is 9. The summed E-state index contributed by atoms with van der Waals surface area (Å²) in [6.45, 7) is 8.20. The predicted octanol–water partition coefficient (Wildman–Crippen LogP) is 2.81. The molecule has 0 radical (unpaired) electrons. The summed E-state index contributed by atoms with van der Waals surface area (Å²) in [5.41, 5.74) is -1.58. The molecule has 0 aromatic heterocycles. The molecule has 0 saturated heterocycles. The highest BCUT2D eigenvalue weighted by Gasteiger charge is 2.43. The van der Waals surface area contributed by atoms with Gasteiger partial charge in [0.05, 0.1) is 5.41 Å². The van der Waals surface area contributed by atoms with E-state index < -0.39 is 23.1 Å². The van der Waals surface area contributed by atoms with Crippen molar-refractivity contribution in [1.82, 2.24) is 5.32 Å². The lowest BCUT2D eigenvalue weighted by atomic mass is 9.79. The molecule has 1 rings (SSSR count). The summed E-state index contributed by atoms with van der Waals surface area (Å²) >= 11 is 0. The van der Waals surface area contributed by atoms with Gasteiger partial charge in [0.25, 0.3) is 0 Å². The van der Waals surface area contributed by atoms with Crippen molar-refractivity contribution >= 4 is 12.1 Å². The van der Waals surface area contributed by atoms with Crippen molar-refractivity contribution in [1.29, 1.82) is 0 Å². The van der Waals surface area contributed by atoms with Crippen LogP contribution in [0.1, 0.15) is 53.4 Å². The molecule has 0 bridgehead atoms. The molecule has 0 aromatic rings. The Morgan fingerprint density at radius 3 is 2.36 bits per heavy atom. The third kappa shape index (κ3) is 6.64. The van der Waals surface area contributed by atoms with E-state index in [0.717, 1.165) is 12.8 Å². The van der Waals surface area contributed by atoms with Gasteiger partial charge in [0.1, 0.15) is 5.60 Å². The summed E-state index contributed by atoms with van der Waals surface area (Å²) in [6.07, 6.45) is 2.52. The number of carboxylic acids is 1. The number of carboxylic acid groups (broad SMARTS) is 1. The summed E-state index contributed by atoms with van der Waals surface area (Å²) in [6, 6.07) is 0. The smallest absolute Gasteiger partial charge is 0.407 e. The standard InChI is InChI=1S/C16H29NO5/c1-5-21-9-8-16(13(18)19,10-12-6-7-12)11-17-14(20)22-15(2,3)4/h12H,5-11H2,1-4H3,(H,17,20)(H,18,19). The van der Waals surface area contributed by atoms with Gasteiger partial charge in [0.2, 0.25) is 0 Å². The SMILES string of the molecule is CCOCCC(CNC(=O)OC(C)(C)C)(CC1CC1)C(=O)O. The number of hydrogen-bond acceptors (Lipinski definition) is 4. The van der Waals surface area contributed by atoms with Crippen molar-refractivity contribution in [2.75, 3.05) is 19.8 Å². The van der Waals surface area contributed by atoms with Gasteiger partial charge in [-0.3, -0.25) is 4.79 Å². The predicted molar refractivity (Wildman–Crippen MR) is 82.8 cm³/mol. The first-order chi connectivity index (χ1) is 10.2. The quantitative estimate of drug-likeness (QED) is 0.639. The Morgan fingerprint density at radius 1 is 1.27 bits per heavy atom. The van der Waals surface area contributed by atoms with Crippen LogP contribution in [0, 0.1) is 11.3 Å². The number of amides is 1. The highest BCUT2D eigenvalue weighted by molar-refractivity contribution is 5.76. The number of nitrogens with one attached hydrogen (secondary N) is 1. The van der Waals surface area contributed by atoms with E-state index in [1.54, 1.807) is 20.8 Å². The maximum atomic E-state index is 11.8. The molecular weight excluding hydrogens is 286 g/mol. The minimum atomic E-state index is -0.979. The highest BCUT2D eigenvalue weighted by atomic mass is 16.6. The Hall–Kier alpha value is -1.30. The normalized spacial score (nSPS) is 17.6. The molecule has 128 valence electrons. The van der Waals surface area contributed by atoms with Gasteiger partial charge in [-0.1, -0.05) is 12.8 Å². The lowest BCUT2D eigenvalue weighted by Gasteiger charge is -2.30. The molecule has 1 unspecified atom stereocenters. The molecular formula is C16H29NO5. The summed E-state index contributed by atoms with van der Waals surface area (Å²) in [7, 11) is 0. The minimum Gasteiger partial charge on any atom is -0.481 e. The van der Waals surface area contributed by atoms with Gasteiger partial charge in [-0.25, -0.2) is 4.79 Å². The molecule has 0 heterocycles. The summed E-state index contributed by atoms with van der Waals surface area (Å²) in [5.74, 6) is -0.437. The van der Waals surface area contributed by atoms with E-state index in [1.165, 1.54) is 0 Å². The van der Waals surface area contributed by atoms with Crippen molar-refractivity contribution in [2.24, 2.45) is 11.3 Å². The van der Waals surface area contributed by atoms with Crippen LogP contribution >= 0.6 is 0 Å². The van der Waals surface area contributed by atoms with Crippen LogP contribution in [0.15, 0.2) is 0 Å².